The van der Waals surface area contributed by atoms with Gasteiger partial charge in [0.25, 0.3) is 0 Å². The van der Waals surface area contributed by atoms with Gasteiger partial charge < -0.3 is 10.1 Å². The fourth-order valence-electron chi connectivity index (χ4n) is 2.52. The van der Waals surface area contributed by atoms with Gasteiger partial charge in [-0.2, -0.15) is 0 Å². The molecule has 1 aliphatic rings. The molecule has 1 fully saturated rings. The summed E-state index contributed by atoms with van der Waals surface area (Å²) in [4.78, 5) is 0. The quantitative estimate of drug-likeness (QED) is 0.541. The van der Waals surface area contributed by atoms with Gasteiger partial charge in [-0.05, 0) is 38.6 Å². The number of ether oxygens (including phenoxy) is 1. The number of rotatable bonds is 6. The molecule has 0 amide bonds. The van der Waals surface area contributed by atoms with E-state index in [9.17, 15) is 0 Å². The van der Waals surface area contributed by atoms with Crippen molar-refractivity contribution in [1.29, 1.82) is 0 Å². The Bertz CT molecular complexity index is 141. The highest BCUT2D eigenvalue weighted by Gasteiger charge is 2.17. The zero-order valence-corrected chi connectivity index (χ0v) is 10.4. The molecule has 15 heavy (non-hydrogen) atoms. The van der Waals surface area contributed by atoms with Gasteiger partial charge >= 0.3 is 0 Å². The van der Waals surface area contributed by atoms with E-state index in [0.29, 0.717) is 6.04 Å². The second-order valence-electron chi connectivity index (χ2n) is 4.84. The summed E-state index contributed by atoms with van der Waals surface area (Å²) in [6.07, 6.45) is 9.77. The van der Waals surface area contributed by atoms with Crippen LogP contribution in [0.1, 0.15) is 51.9 Å². The summed E-state index contributed by atoms with van der Waals surface area (Å²) < 4.78 is 5.05. The third-order valence-electron chi connectivity index (χ3n) is 3.60. The summed E-state index contributed by atoms with van der Waals surface area (Å²) in [7, 11) is 1.77. The highest BCUT2D eigenvalue weighted by molar-refractivity contribution is 4.74. The second kappa shape index (κ2) is 8.12. The minimum atomic E-state index is 0.694. The van der Waals surface area contributed by atoms with Crippen LogP contribution in [-0.4, -0.2) is 26.3 Å². The number of methoxy groups -OCH3 is 1. The SMILES string of the molecule is COCCCN[C@@H](C)C1CCCCCC1. The maximum absolute atomic E-state index is 5.05. The van der Waals surface area contributed by atoms with Crippen LogP contribution in [-0.2, 0) is 4.74 Å². The lowest BCUT2D eigenvalue weighted by Crippen LogP contribution is -2.34. The zero-order chi connectivity index (χ0) is 10.9. The standard InChI is InChI=1S/C13H27NO/c1-12(14-10-7-11-15-2)13-8-5-3-4-6-9-13/h12-14H,3-11H2,1-2H3/t12-/m0/s1. The summed E-state index contributed by atoms with van der Waals surface area (Å²) in [5, 5.41) is 3.63. The first-order chi connectivity index (χ1) is 7.34. The van der Waals surface area contributed by atoms with Crippen molar-refractivity contribution < 1.29 is 4.74 Å². The maximum atomic E-state index is 5.05. The Balaban J connectivity index is 2.11. The Kier molecular flexibility index (Phi) is 7.03. The van der Waals surface area contributed by atoms with E-state index in [2.05, 4.69) is 12.2 Å². The first-order valence-corrected chi connectivity index (χ1v) is 6.57. The van der Waals surface area contributed by atoms with Crippen LogP contribution < -0.4 is 5.32 Å². The van der Waals surface area contributed by atoms with Crippen molar-refractivity contribution in [3.8, 4) is 0 Å². The lowest BCUT2D eigenvalue weighted by molar-refractivity contribution is 0.191. The predicted molar refractivity (Wildman–Crippen MR) is 65.1 cm³/mol. The predicted octanol–water partition coefficient (Wildman–Crippen LogP) is 2.97. The van der Waals surface area contributed by atoms with Crippen molar-refractivity contribution in [3.05, 3.63) is 0 Å². The molecule has 0 aromatic heterocycles. The van der Waals surface area contributed by atoms with E-state index in [-0.39, 0.29) is 0 Å². The van der Waals surface area contributed by atoms with Crippen molar-refractivity contribution >= 4 is 0 Å². The van der Waals surface area contributed by atoms with Gasteiger partial charge in [0, 0.05) is 19.8 Å². The van der Waals surface area contributed by atoms with E-state index in [0.717, 1.165) is 25.5 Å². The van der Waals surface area contributed by atoms with E-state index < -0.39 is 0 Å². The van der Waals surface area contributed by atoms with Gasteiger partial charge in [-0.1, -0.05) is 25.7 Å². The largest absolute Gasteiger partial charge is 0.385 e. The van der Waals surface area contributed by atoms with Gasteiger partial charge in [-0.25, -0.2) is 0 Å². The van der Waals surface area contributed by atoms with Gasteiger partial charge in [0.05, 0.1) is 0 Å². The van der Waals surface area contributed by atoms with Gasteiger partial charge in [0.1, 0.15) is 0 Å². The fourth-order valence-corrected chi connectivity index (χ4v) is 2.52. The first kappa shape index (κ1) is 13.0. The molecule has 2 nitrogen and oxygen atoms in total. The minimum absolute atomic E-state index is 0.694. The molecule has 0 bridgehead atoms. The molecule has 0 aromatic carbocycles. The number of hydrogen-bond donors (Lipinski definition) is 1. The van der Waals surface area contributed by atoms with E-state index >= 15 is 0 Å². The Hall–Kier alpha value is -0.0800. The van der Waals surface area contributed by atoms with Gasteiger partial charge in [-0.15, -0.1) is 0 Å². The summed E-state index contributed by atoms with van der Waals surface area (Å²) in [6, 6.07) is 0.694. The second-order valence-corrected chi connectivity index (χ2v) is 4.84. The fraction of sp³-hybridized carbons (Fsp3) is 1.00. The van der Waals surface area contributed by atoms with Gasteiger partial charge in [0.2, 0.25) is 0 Å². The summed E-state index contributed by atoms with van der Waals surface area (Å²) in [6.45, 7) is 4.33. The molecule has 0 heterocycles. The lowest BCUT2D eigenvalue weighted by Gasteiger charge is -2.23. The Morgan fingerprint density at radius 2 is 1.87 bits per heavy atom. The molecule has 0 aliphatic heterocycles. The molecular formula is C13H27NO. The molecule has 90 valence electrons. The molecule has 0 aromatic rings. The van der Waals surface area contributed by atoms with E-state index in [1.807, 2.05) is 0 Å². The molecule has 1 rings (SSSR count). The highest BCUT2D eigenvalue weighted by Crippen LogP contribution is 2.25. The van der Waals surface area contributed by atoms with Crippen LogP contribution in [0.3, 0.4) is 0 Å². The van der Waals surface area contributed by atoms with Crippen molar-refractivity contribution in [1.82, 2.24) is 5.32 Å². The van der Waals surface area contributed by atoms with Crippen molar-refractivity contribution in [2.24, 2.45) is 5.92 Å². The number of hydrogen-bond acceptors (Lipinski definition) is 2. The van der Waals surface area contributed by atoms with E-state index in [1.54, 1.807) is 7.11 Å². The molecule has 0 unspecified atom stereocenters. The lowest BCUT2D eigenvalue weighted by atomic mass is 9.93. The zero-order valence-electron chi connectivity index (χ0n) is 10.4. The van der Waals surface area contributed by atoms with Gasteiger partial charge in [-0.3, -0.25) is 0 Å². The van der Waals surface area contributed by atoms with Crippen LogP contribution in [0.5, 0.6) is 0 Å². The van der Waals surface area contributed by atoms with Crippen molar-refractivity contribution in [2.45, 2.75) is 57.9 Å². The summed E-state index contributed by atoms with van der Waals surface area (Å²) in [5.41, 5.74) is 0. The Labute approximate surface area is 94.8 Å². The molecular weight excluding hydrogens is 186 g/mol. The van der Waals surface area contributed by atoms with Crippen molar-refractivity contribution in [3.63, 3.8) is 0 Å². The van der Waals surface area contributed by atoms with Crippen LogP contribution in [0.4, 0.5) is 0 Å². The molecule has 1 aliphatic carbocycles. The van der Waals surface area contributed by atoms with Crippen LogP contribution in [0.2, 0.25) is 0 Å². The molecule has 1 N–H and O–H groups in total. The molecule has 1 atom stereocenters. The molecule has 0 radical (unpaired) electrons. The van der Waals surface area contributed by atoms with Crippen LogP contribution >= 0.6 is 0 Å². The smallest absolute Gasteiger partial charge is 0.0474 e. The minimum Gasteiger partial charge on any atom is -0.385 e. The average molecular weight is 213 g/mol. The maximum Gasteiger partial charge on any atom is 0.0474 e. The first-order valence-electron chi connectivity index (χ1n) is 6.57. The molecule has 0 spiro atoms. The topological polar surface area (TPSA) is 21.3 Å². The van der Waals surface area contributed by atoms with Crippen LogP contribution in [0.25, 0.3) is 0 Å². The molecule has 2 heteroatoms. The van der Waals surface area contributed by atoms with Crippen LogP contribution in [0.15, 0.2) is 0 Å². The molecule has 1 saturated carbocycles. The normalized spacial score (nSPS) is 21.2. The van der Waals surface area contributed by atoms with E-state index in [1.165, 1.54) is 38.5 Å². The number of nitrogens with one attached hydrogen (secondary N) is 1. The summed E-state index contributed by atoms with van der Waals surface area (Å²) in [5.74, 6) is 0.912. The third kappa shape index (κ3) is 5.53. The van der Waals surface area contributed by atoms with Gasteiger partial charge in [0.15, 0.2) is 0 Å². The monoisotopic (exact) mass is 213 g/mol. The summed E-state index contributed by atoms with van der Waals surface area (Å²) >= 11 is 0. The van der Waals surface area contributed by atoms with E-state index in [4.69, 9.17) is 4.74 Å². The van der Waals surface area contributed by atoms with Crippen LogP contribution in [0, 0.1) is 5.92 Å². The molecule has 0 saturated heterocycles. The Morgan fingerprint density at radius 1 is 1.20 bits per heavy atom. The third-order valence-corrected chi connectivity index (χ3v) is 3.60. The average Bonchev–Trinajstić information content (AvgIpc) is 2.52. The van der Waals surface area contributed by atoms with Crippen molar-refractivity contribution in [2.75, 3.05) is 20.3 Å². The Morgan fingerprint density at radius 3 is 2.47 bits per heavy atom. The highest BCUT2D eigenvalue weighted by atomic mass is 16.5.